The Morgan fingerprint density at radius 3 is 2.87 bits per heavy atom. The van der Waals surface area contributed by atoms with Crippen molar-refractivity contribution in [3.8, 4) is 5.88 Å². The van der Waals surface area contributed by atoms with E-state index in [4.69, 9.17) is 4.74 Å². The second-order valence-electron chi connectivity index (χ2n) is 4.90. The van der Waals surface area contributed by atoms with Gasteiger partial charge in [0.05, 0.1) is 17.8 Å². The predicted octanol–water partition coefficient (Wildman–Crippen LogP) is 2.66. The molecule has 1 aliphatic rings. The maximum absolute atomic E-state index is 5.83. The van der Waals surface area contributed by atoms with Gasteiger partial charge < -0.3 is 4.74 Å². The fourth-order valence-corrected chi connectivity index (χ4v) is 2.28. The van der Waals surface area contributed by atoms with Crippen molar-refractivity contribution in [1.82, 2.24) is 9.78 Å². The highest BCUT2D eigenvalue weighted by molar-refractivity contribution is 5.32. The van der Waals surface area contributed by atoms with E-state index in [9.17, 15) is 0 Å². The van der Waals surface area contributed by atoms with Crippen LogP contribution in [0.1, 0.15) is 44.9 Å². The van der Waals surface area contributed by atoms with Crippen molar-refractivity contribution in [1.29, 1.82) is 0 Å². The summed E-state index contributed by atoms with van der Waals surface area (Å²) < 4.78 is 7.90. The van der Waals surface area contributed by atoms with Crippen LogP contribution in [0.5, 0.6) is 5.88 Å². The van der Waals surface area contributed by atoms with Crippen LogP contribution in [0.4, 0.5) is 0 Å². The summed E-state index contributed by atoms with van der Waals surface area (Å²) in [4.78, 5) is 0. The Balaban J connectivity index is 2.55. The summed E-state index contributed by atoms with van der Waals surface area (Å²) in [5.41, 5.74) is 2.47. The summed E-state index contributed by atoms with van der Waals surface area (Å²) in [6.07, 6.45) is 3.24. The van der Waals surface area contributed by atoms with Crippen molar-refractivity contribution in [2.45, 2.75) is 52.5 Å². The van der Waals surface area contributed by atoms with Crippen LogP contribution in [0, 0.1) is 6.92 Å². The van der Waals surface area contributed by atoms with Gasteiger partial charge in [-0.1, -0.05) is 6.92 Å². The Kier molecular flexibility index (Phi) is 2.49. The maximum atomic E-state index is 5.83. The summed E-state index contributed by atoms with van der Waals surface area (Å²) in [7, 11) is 0. The van der Waals surface area contributed by atoms with E-state index >= 15 is 0 Å². The summed E-state index contributed by atoms with van der Waals surface area (Å²) in [6.45, 7) is 9.52. The van der Waals surface area contributed by atoms with Crippen LogP contribution in [0.3, 0.4) is 0 Å². The highest BCUT2D eigenvalue weighted by Gasteiger charge is 2.29. The first-order valence-electron chi connectivity index (χ1n) is 5.78. The van der Waals surface area contributed by atoms with E-state index in [0.29, 0.717) is 0 Å². The molecule has 0 atom stereocenters. The quantitative estimate of drug-likeness (QED) is 0.709. The Morgan fingerprint density at radius 1 is 1.47 bits per heavy atom. The SMILES string of the molecule is CCc1c(C)nn2c1OCCCC2(C)C. The molecular weight excluding hydrogens is 188 g/mol. The van der Waals surface area contributed by atoms with Gasteiger partial charge in [0.1, 0.15) is 0 Å². The molecule has 0 saturated heterocycles. The number of nitrogens with zero attached hydrogens (tertiary/aromatic N) is 2. The van der Waals surface area contributed by atoms with Crippen molar-refractivity contribution in [3.05, 3.63) is 11.3 Å². The zero-order valence-electron chi connectivity index (χ0n) is 10.1. The first-order chi connectivity index (χ1) is 7.06. The molecule has 1 aromatic rings. The summed E-state index contributed by atoms with van der Waals surface area (Å²) in [5.74, 6) is 0.998. The number of fused-ring (bicyclic) bond motifs is 1. The van der Waals surface area contributed by atoms with E-state index in [1.165, 1.54) is 5.56 Å². The normalized spacial score (nSPS) is 19.2. The molecule has 2 rings (SSSR count). The molecule has 0 N–H and O–H groups in total. The van der Waals surface area contributed by atoms with Crippen LogP contribution >= 0.6 is 0 Å². The fraction of sp³-hybridized carbons (Fsp3) is 0.750. The Bertz CT molecular complexity index is 366. The monoisotopic (exact) mass is 208 g/mol. The fourth-order valence-electron chi connectivity index (χ4n) is 2.28. The Morgan fingerprint density at radius 2 is 2.20 bits per heavy atom. The molecule has 2 heterocycles. The molecule has 1 aliphatic heterocycles. The summed E-state index contributed by atoms with van der Waals surface area (Å²) in [6, 6.07) is 0. The van der Waals surface area contributed by atoms with Gasteiger partial charge in [0.15, 0.2) is 0 Å². The molecule has 0 radical (unpaired) electrons. The van der Waals surface area contributed by atoms with Gasteiger partial charge in [0.25, 0.3) is 0 Å². The van der Waals surface area contributed by atoms with Gasteiger partial charge in [0, 0.05) is 5.56 Å². The molecule has 0 saturated carbocycles. The lowest BCUT2D eigenvalue weighted by Crippen LogP contribution is -2.26. The minimum absolute atomic E-state index is 0.0873. The van der Waals surface area contributed by atoms with Gasteiger partial charge >= 0.3 is 0 Å². The highest BCUT2D eigenvalue weighted by Crippen LogP contribution is 2.34. The molecule has 0 fully saturated rings. The minimum atomic E-state index is 0.0873. The minimum Gasteiger partial charge on any atom is -0.478 e. The second-order valence-corrected chi connectivity index (χ2v) is 4.90. The van der Waals surface area contributed by atoms with Gasteiger partial charge in [-0.25, -0.2) is 4.68 Å². The smallest absolute Gasteiger partial charge is 0.215 e. The molecule has 0 bridgehead atoms. The zero-order valence-corrected chi connectivity index (χ0v) is 10.1. The summed E-state index contributed by atoms with van der Waals surface area (Å²) in [5, 5.41) is 4.63. The van der Waals surface area contributed by atoms with E-state index in [2.05, 4.69) is 37.5 Å². The van der Waals surface area contributed by atoms with Crippen LogP contribution in [0.25, 0.3) is 0 Å². The molecule has 0 aromatic carbocycles. The predicted molar refractivity (Wildman–Crippen MR) is 60.4 cm³/mol. The highest BCUT2D eigenvalue weighted by atomic mass is 16.5. The van der Waals surface area contributed by atoms with Crippen LogP contribution in [0.2, 0.25) is 0 Å². The number of hydrogen-bond acceptors (Lipinski definition) is 2. The van der Waals surface area contributed by atoms with Crippen molar-refractivity contribution in [2.75, 3.05) is 6.61 Å². The average molecular weight is 208 g/mol. The summed E-state index contributed by atoms with van der Waals surface area (Å²) >= 11 is 0. The topological polar surface area (TPSA) is 27.1 Å². The van der Waals surface area contributed by atoms with Gasteiger partial charge in [-0.05, 0) is 40.0 Å². The second kappa shape index (κ2) is 3.54. The lowest BCUT2D eigenvalue weighted by atomic mass is 9.99. The van der Waals surface area contributed by atoms with Gasteiger partial charge in [0.2, 0.25) is 5.88 Å². The van der Waals surface area contributed by atoms with Crippen LogP contribution in [-0.4, -0.2) is 16.4 Å². The van der Waals surface area contributed by atoms with Gasteiger partial charge in [-0.2, -0.15) is 5.10 Å². The first-order valence-corrected chi connectivity index (χ1v) is 5.78. The lowest BCUT2D eigenvalue weighted by molar-refractivity contribution is 0.280. The third-order valence-corrected chi connectivity index (χ3v) is 3.24. The van der Waals surface area contributed by atoms with Crippen molar-refractivity contribution in [2.24, 2.45) is 0 Å². The number of rotatable bonds is 1. The number of hydrogen-bond donors (Lipinski definition) is 0. The third-order valence-electron chi connectivity index (χ3n) is 3.24. The van der Waals surface area contributed by atoms with E-state index in [1.54, 1.807) is 0 Å². The van der Waals surface area contributed by atoms with E-state index < -0.39 is 0 Å². The van der Waals surface area contributed by atoms with Crippen molar-refractivity contribution in [3.63, 3.8) is 0 Å². The standard InChI is InChI=1S/C12H20N2O/c1-5-10-9(2)13-14-11(10)15-8-6-7-12(14,3)4/h5-8H2,1-4H3. The van der Waals surface area contributed by atoms with Gasteiger partial charge in [-0.3, -0.25) is 0 Å². The third kappa shape index (κ3) is 1.64. The molecule has 0 amide bonds. The van der Waals surface area contributed by atoms with Crippen LogP contribution < -0.4 is 4.74 Å². The van der Waals surface area contributed by atoms with Crippen LogP contribution in [0.15, 0.2) is 0 Å². The van der Waals surface area contributed by atoms with Crippen LogP contribution in [-0.2, 0) is 12.0 Å². The molecule has 3 nitrogen and oxygen atoms in total. The van der Waals surface area contributed by atoms with E-state index in [-0.39, 0.29) is 5.54 Å². The lowest BCUT2D eigenvalue weighted by Gasteiger charge is -2.23. The molecule has 0 unspecified atom stereocenters. The van der Waals surface area contributed by atoms with Gasteiger partial charge in [-0.15, -0.1) is 0 Å². The molecule has 0 spiro atoms. The van der Waals surface area contributed by atoms with E-state index in [0.717, 1.165) is 37.4 Å². The molecule has 0 aliphatic carbocycles. The molecular formula is C12H20N2O. The Labute approximate surface area is 91.4 Å². The molecule has 3 heteroatoms. The number of ether oxygens (including phenoxy) is 1. The number of aromatic nitrogens is 2. The maximum Gasteiger partial charge on any atom is 0.215 e. The van der Waals surface area contributed by atoms with Crippen molar-refractivity contribution >= 4 is 0 Å². The average Bonchev–Trinajstić information content (AvgIpc) is 2.43. The zero-order chi connectivity index (χ0) is 11.1. The molecule has 84 valence electrons. The Hall–Kier alpha value is -0.990. The largest absolute Gasteiger partial charge is 0.478 e. The molecule has 15 heavy (non-hydrogen) atoms. The number of aryl methyl sites for hydroxylation is 1. The molecule has 1 aromatic heterocycles. The van der Waals surface area contributed by atoms with E-state index in [1.807, 2.05) is 0 Å². The van der Waals surface area contributed by atoms with Crippen molar-refractivity contribution < 1.29 is 4.74 Å². The first kappa shape index (κ1) is 10.5.